The summed E-state index contributed by atoms with van der Waals surface area (Å²) >= 11 is 5.31. The first-order valence-electron chi connectivity index (χ1n) is 3.43. The van der Waals surface area contributed by atoms with E-state index in [4.69, 9.17) is 11.6 Å². The molecule has 0 amide bonds. The van der Waals surface area contributed by atoms with Crippen LogP contribution in [0.25, 0.3) is 0 Å². The van der Waals surface area contributed by atoms with Crippen molar-refractivity contribution in [3.63, 3.8) is 0 Å². The molecule has 0 atom stereocenters. The topological polar surface area (TPSA) is 93.3 Å². The van der Waals surface area contributed by atoms with Gasteiger partial charge < -0.3 is 5.11 Å². The number of aromatic hydroxyl groups is 1. The van der Waals surface area contributed by atoms with Crippen LogP contribution >= 0.6 is 11.6 Å². The highest BCUT2D eigenvalue weighted by atomic mass is 35.5. The van der Waals surface area contributed by atoms with Crippen LogP contribution in [0.4, 0.5) is 8.78 Å². The second-order valence-electron chi connectivity index (χ2n) is 2.53. The molecule has 0 unspecified atom stereocenters. The van der Waals surface area contributed by atoms with Gasteiger partial charge in [0.25, 0.3) is 16.4 Å². The number of sulfonamides is 1. The fourth-order valence-corrected chi connectivity index (χ4v) is 1.68. The van der Waals surface area contributed by atoms with Crippen molar-refractivity contribution in [1.29, 1.82) is 0 Å². The van der Waals surface area contributed by atoms with Crippen LogP contribution in [0.3, 0.4) is 0 Å². The molecule has 0 aliphatic rings. The van der Waals surface area contributed by atoms with Gasteiger partial charge >= 0.3 is 0 Å². The quantitative estimate of drug-likeness (QED) is 0.828. The van der Waals surface area contributed by atoms with Gasteiger partial charge in [-0.3, -0.25) is 0 Å². The average Bonchev–Trinajstić information content (AvgIpc) is 2.06. The molecule has 15 heavy (non-hydrogen) atoms. The molecule has 0 bridgehead atoms. The minimum atomic E-state index is -4.29. The molecule has 9 heteroatoms. The Labute approximate surface area is 88.5 Å². The van der Waals surface area contributed by atoms with Crippen molar-refractivity contribution in [3.8, 4) is 5.75 Å². The van der Waals surface area contributed by atoms with E-state index in [1.54, 1.807) is 0 Å². The van der Waals surface area contributed by atoms with Gasteiger partial charge in [0.15, 0.2) is 5.75 Å². The lowest BCUT2D eigenvalue weighted by Gasteiger charge is -2.07. The fourth-order valence-electron chi connectivity index (χ4n) is 0.837. The van der Waals surface area contributed by atoms with Gasteiger partial charge in [0.2, 0.25) is 5.03 Å². The van der Waals surface area contributed by atoms with E-state index in [0.717, 1.165) is 0 Å². The molecular formula is C6H5ClF2N2O3S. The number of pyridine rings is 1. The predicted octanol–water partition coefficient (Wildman–Crippen LogP) is 1.03. The van der Waals surface area contributed by atoms with Gasteiger partial charge in [0.05, 0.1) is 10.6 Å². The number of primary sulfonamides is 1. The number of alkyl halides is 2. The number of aromatic nitrogens is 1. The van der Waals surface area contributed by atoms with E-state index in [1.807, 2.05) is 0 Å². The molecule has 0 aliphatic carbocycles. The number of rotatable bonds is 2. The summed E-state index contributed by atoms with van der Waals surface area (Å²) in [6, 6.07) is 0. The molecular weight excluding hydrogens is 254 g/mol. The zero-order valence-electron chi connectivity index (χ0n) is 6.99. The SMILES string of the molecule is NS(=O)(=O)c1ncc(C(F)F)c(Cl)c1O. The molecule has 1 aromatic rings. The van der Waals surface area contributed by atoms with Crippen molar-refractivity contribution in [2.45, 2.75) is 11.5 Å². The van der Waals surface area contributed by atoms with Crippen LogP contribution in [-0.2, 0) is 10.0 Å². The fraction of sp³-hybridized carbons (Fsp3) is 0.167. The maximum atomic E-state index is 12.2. The number of nitrogens with zero attached hydrogens (tertiary/aromatic N) is 1. The van der Waals surface area contributed by atoms with Gasteiger partial charge in [-0.25, -0.2) is 27.3 Å². The van der Waals surface area contributed by atoms with Crippen LogP contribution in [0.2, 0.25) is 5.02 Å². The van der Waals surface area contributed by atoms with Crippen molar-refractivity contribution in [2.24, 2.45) is 5.14 Å². The number of hydrogen-bond acceptors (Lipinski definition) is 4. The number of halogens is 3. The molecule has 0 aromatic carbocycles. The maximum absolute atomic E-state index is 12.2. The Morgan fingerprint density at radius 1 is 1.53 bits per heavy atom. The molecule has 84 valence electrons. The Morgan fingerprint density at radius 2 is 2.07 bits per heavy atom. The van der Waals surface area contributed by atoms with Crippen molar-refractivity contribution >= 4 is 21.6 Å². The lowest BCUT2D eigenvalue weighted by molar-refractivity contribution is 0.150. The van der Waals surface area contributed by atoms with Gasteiger partial charge in [-0.15, -0.1) is 0 Å². The van der Waals surface area contributed by atoms with Crippen LogP contribution in [-0.4, -0.2) is 18.5 Å². The molecule has 1 heterocycles. The Morgan fingerprint density at radius 3 is 2.47 bits per heavy atom. The van der Waals surface area contributed by atoms with Gasteiger partial charge in [0, 0.05) is 6.20 Å². The Kier molecular flexibility index (Phi) is 3.12. The summed E-state index contributed by atoms with van der Waals surface area (Å²) in [6.07, 6.45) is -2.42. The number of hydrogen-bond donors (Lipinski definition) is 2. The largest absolute Gasteiger partial charge is 0.504 e. The zero-order valence-corrected chi connectivity index (χ0v) is 8.56. The lowest BCUT2D eigenvalue weighted by atomic mass is 10.3. The van der Waals surface area contributed by atoms with Crippen LogP contribution < -0.4 is 5.14 Å². The van der Waals surface area contributed by atoms with Crippen molar-refractivity contribution in [2.75, 3.05) is 0 Å². The maximum Gasteiger partial charge on any atom is 0.266 e. The molecule has 5 nitrogen and oxygen atoms in total. The summed E-state index contributed by atoms with van der Waals surface area (Å²) in [5.74, 6) is -1.07. The third-order valence-corrected chi connectivity index (χ3v) is 2.72. The Bertz CT molecular complexity index is 491. The minimum Gasteiger partial charge on any atom is -0.504 e. The third kappa shape index (κ3) is 2.33. The standard InChI is InChI=1S/C6H5ClF2N2O3S/c7-3-2(5(8)9)1-11-6(4(3)12)15(10,13)14/h1,5,12H,(H2,10,13,14). The molecule has 1 aromatic heterocycles. The normalized spacial score (nSPS) is 12.1. The van der Waals surface area contributed by atoms with E-state index in [2.05, 4.69) is 10.1 Å². The highest BCUT2D eigenvalue weighted by Gasteiger charge is 2.23. The first-order valence-corrected chi connectivity index (χ1v) is 5.36. The average molecular weight is 259 g/mol. The molecule has 0 saturated heterocycles. The van der Waals surface area contributed by atoms with Gasteiger partial charge in [0.1, 0.15) is 0 Å². The van der Waals surface area contributed by atoms with E-state index >= 15 is 0 Å². The molecule has 3 N–H and O–H groups in total. The van der Waals surface area contributed by atoms with Crippen molar-refractivity contribution < 1.29 is 22.3 Å². The summed E-state index contributed by atoms with van der Waals surface area (Å²) in [5.41, 5.74) is -0.762. The minimum absolute atomic E-state index is 0.548. The molecule has 0 fully saturated rings. The van der Waals surface area contributed by atoms with E-state index in [1.165, 1.54) is 0 Å². The first-order chi connectivity index (χ1) is 6.75. The summed E-state index contributed by atoms with van der Waals surface area (Å²) in [6.45, 7) is 0. The molecule has 0 aliphatic heterocycles. The molecule has 0 radical (unpaired) electrons. The number of nitrogens with two attached hydrogens (primary N) is 1. The van der Waals surface area contributed by atoms with Crippen molar-refractivity contribution in [1.82, 2.24) is 4.98 Å². The second-order valence-corrected chi connectivity index (χ2v) is 4.38. The first kappa shape index (κ1) is 12.1. The lowest BCUT2D eigenvalue weighted by Crippen LogP contribution is -2.14. The van der Waals surface area contributed by atoms with Gasteiger partial charge in [-0.2, -0.15) is 0 Å². The smallest absolute Gasteiger partial charge is 0.266 e. The predicted molar refractivity (Wildman–Crippen MR) is 47.2 cm³/mol. The van der Waals surface area contributed by atoms with E-state index in [0.29, 0.717) is 6.20 Å². The molecule has 0 spiro atoms. The van der Waals surface area contributed by atoms with E-state index in [-0.39, 0.29) is 0 Å². The summed E-state index contributed by atoms with van der Waals surface area (Å²) in [7, 11) is -4.29. The highest BCUT2D eigenvalue weighted by molar-refractivity contribution is 7.89. The molecule has 1 rings (SSSR count). The third-order valence-electron chi connectivity index (χ3n) is 1.49. The zero-order chi connectivity index (χ0) is 11.8. The van der Waals surface area contributed by atoms with Crippen LogP contribution in [0.1, 0.15) is 12.0 Å². The highest BCUT2D eigenvalue weighted by Crippen LogP contribution is 2.35. The molecule has 0 saturated carbocycles. The van der Waals surface area contributed by atoms with Gasteiger partial charge in [-0.1, -0.05) is 11.6 Å². The van der Waals surface area contributed by atoms with Gasteiger partial charge in [-0.05, 0) is 0 Å². The summed E-state index contributed by atoms with van der Waals surface area (Å²) < 4.78 is 46.0. The van der Waals surface area contributed by atoms with Crippen LogP contribution in [0.5, 0.6) is 5.75 Å². The van der Waals surface area contributed by atoms with Crippen molar-refractivity contribution in [3.05, 3.63) is 16.8 Å². The van der Waals surface area contributed by atoms with Crippen LogP contribution in [0, 0.1) is 0 Å². The van der Waals surface area contributed by atoms with E-state index in [9.17, 15) is 22.3 Å². The summed E-state index contributed by atoms with van der Waals surface area (Å²) in [4.78, 5) is 3.10. The monoisotopic (exact) mass is 258 g/mol. The van der Waals surface area contributed by atoms with E-state index < -0.39 is 37.8 Å². The Balaban J connectivity index is 3.48. The Hall–Kier alpha value is -0.990. The second kappa shape index (κ2) is 3.87. The summed E-state index contributed by atoms with van der Waals surface area (Å²) in [5, 5.41) is 12.1. The van der Waals surface area contributed by atoms with Crippen LogP contribution in [0.15, 0.2) is 11.2 Å².